The second kappa shape index (κ2) is 4.57. The number of carbonyl (C=O) groups excluding carboxylic acids is 2. The van der Waals surface area contributed by atoms with Gasteiger partial charge in [-0.3, -0.25) is 9.59 Å². The number of hydrogen-bond donors (Lipinski definition) is 1. The van der Waals surface area contributed by atoms with E-state index in [4.69, 9.17) is 5.73 Å². The summed E-state index contributed by atoms with van der Waals surface area (Å²) in [5.41, 5.74) is 7.84. The van der Waals surface area contributed by atoms with Gasteiger partial charge in [0.05, 0.1) is 11.4 Å². The molecule has 4 heteroatoms. The van der Waals surface area contributed by atoms with Gasteiger partial charge in [-0.05, 0) is 37.5 Å². The van der Waals surface area contributed by atoms with Crippen molar-refractivity contribution in [2.45, 2.75) is 32.6 Å². The van der Waals surface area contributed by atoms with E-state index in [1.54, 1.807) is 12.1 Å². The van der Waals surface area contributed by atoms with Gasteiger partial charge in [0.25, 0.3) is 0 Å². The number of hydrogen-bond acceptors (Lipinski definition) is 3. The molecule has 1 saturated heterocycles. The van der Waals surface area contributed by atoms with E-state index in [2.05, 4.69) is 0 Å². The largest absolute Gasteiger partial charge is 0.397 e. The van der Waals surface area contributed by atoms with E-state index in [0.717, 1.165) is 18.4 Å². The van der Waals surface area contributed by atoms with Crippen molar-refractivity contribution in [2.24, 2.45) is 0 Å². The van der Waals surface area contributed by atoms with E-state index in [1.807, 2.05) is 13.0 Å². The number of nitrogens with two attached hydrogens (primary N) is 1. The summed E-state index contributed by atoms with van der Waals surface area (Å²) < 4.78 is 0. The number of benzene rings is 1. The van der Waals surface area contributed by atoms with Gasteiger partial charge in [-0.25, -0.2) is 4.90 Å². The normalized spacial score (nSPS) is 17.1. The number of imide groups is 1. The van der Waals surface area contributed by atoms with E-state index >= 15 is 0 Å². The van der Waals surface area contributed by atoms with E-state index in [-0.39, 0.29) is 11.8 Å². The molecule has 0 radical (unpaired) electrons. The minimum Gasteiger partial charge on any atom is -0.397 e. The number of anilines is 2. The van der Waals surface area contributed by atoms with Gasteiger partial charge >= 0.3 is 0 Å². The predicted octanol–water partition coefficient (Wildman–Crippen LogP) is 2.01. The highest BCUT2D eigenvalue weighted by atomic mass is 16.2. The number of nitrogens with zero attached hydrogens (tertiary/aromatic N) is 1. The Morgan fingerprint density at radius 3 is 2.29 bits per heavy atom. The maximum atomic E-state index is 11.9. The van der Waals surface area contributed by atoms with Crippen LogP contribution in [-0.4, -0.2) is 11.8 Å². The van der Waals surface area contributed by atoms with Gasteiger partial charge in [0.15, 0.2) is 0 Å². The molecule has 1 aliphatic heterocycles. The summed E-state index contributed by atoms with van der Waals surface area (Å²) in [4.78, 5) is 25.1. The summed E-state index contributed by atoms with van der Waals surface area (Å²) in [7, 11) is 0. The zero-order chi connectivity index (χ0) is 12.4. The first kappa shape index (κ1) is 11.6. The van der Waals surface area contributed by atoms with Crippen molar-refractivity contribution >= 4 is 23.2 Å². The molecule has 2 rings (SSSR count). The molecule has 0 aliphatic carbocycles. The standard InChI is InChI=1S/C13H16N2O2/c1-9-6-7-10(14)11(8-9)15-12(16)4-2-3-5-13(15)17/h6-8H,2-5,14H2,1H3. The second-order valence-corrected chi connectivity index (χ2v) is 4.39. The fourth-order valence-electron chi connectivity index (χ4n) is 2.03. The third-order valence-corrected chi connectivity index (χ3v) is 2.96. The molecule has 0 aromatic heterocycles. The Bertz CT molecular complexity index is 450. The molecule has 1 fully saturated rings. The Morgan fingerprint density at radius 1 is 1.12 bits per heavy atom. The average Bonchev–Trinajstić information content (AvgIpc) is 2.44. The van der Waals surface area contributed by atoms with Crippen LogP contribution in [0.2, 0.25) is 0 Å². The maximum Gasteiger partial charge on any atom is 0.233 e. The fourth-order valence-corrected chi connectivity index (χ4v) is 2.03. The van der Waals surface area contributed by atoms with Crippen LogP contribution < -0.4 is 10.6 Å². The number of nitrogen functional groups attached to an aromatic ring is 1. The van der Waals surface area contributed by atoms with Gasteiger partial charge in [0.1, 0.15) is 0 Å². The van der Waals surface area contributed by atoms with Crippen LogP contribution >= 0.6 is 0 Å². The topological polar surface area (TPSA) is 63.4 Å². The highest BCUT2D eigenvalue weighted by Crippen LogP contribution is 2.28. The predicted molar refractivity (Wildman–Crippen MR) is 66.6 cm³/mol. The molecule has 90 valence electrons. The Morgan fingerprint density at radius 2 is 1.71 bits per heavy atom. The first-order chi connectivity index (χ1) is 8.09. The molecule has 0 spiro atoms. The molecule has 17 heavy (non-hydrogen) atoms. The van der Waals surface area contributed by atoms with Gasteiger partial charge in [-0.15, -0.1) is 0 Å². The van der Waals surface area contributed by atoms with Crippen molar-refractivity contribution < 1.29 is 9.59 Å². The number of aryl methyl sites for hydroxylation is 1. The molecule has 1 aromatic rings. The van der Waals surface area contributed by atoms with Crippen LogP contribution in [0.15, 0.2) is 18.2 Å². The highest BCUT2D eigenvalue weighted by Gasteiger charge is 2.26. The molecule has 0 atom stereocenters. The van der Waals surface area contributed by atoms with Crippen LogP contribution in [0.25, 0.3) is 0 Å². The number of rotatable bonds is 1. The van der Waals surface area contributed by atoms with Crippen LogP contribution in [-0.2, 0) is 9.59 Å². The minimum atomic E-state index is -0.148. The summed E-state index contributed by atoms with van der Waals surface area (Å²) >= 11 is 0. The van der Waals surface area contributed by atoms with Crippen molar-refractivity contribution in [3.63, 3.8) is 0 Å². The maximum absolute atomic E-state index is 11.9. The number of carbonyl (C=O) groups is 2. The molecule has 0 bridgehead atoms. The van der Waals surface area contributed by atoms with E-state index in [9.17, 15) is 9.59 Å². The zero-order valence-corrected chi connectivity index (χ0v) is 9.90. The van der Waals surface area contributed by atoms with Crippen LogP contribution in [0.1, 0.15) is 31.2 Å². The molecule has 1 heterocycles. The smallest absolute Gasteiger partial charge is 0.233 e. The third-order valence-electron chi connectivity index (χ3n) is 2.96. The Hall–Kier alpha value is -1.84. The summed E-state index contributed by atoms with van der Waals surface area (Å²) in [6, 6.07) is 5.39. The van der Waals surface area contributed by atoms with Gasteiger partial charge in [-0.1, -0.05) is 6.07 Å². The molecule has 0 saturated carbocycles. The molecule has 0 unspecified atom stereocenters. The van der Waals surface area contributed by atoms with Crippen LogP contribution in [0.5, 0.6) is 0 Å². The van der Waals surface area contributed by atoms with Crippen molar-refractivity contribution in [2.75, 3.05) is 10.6 Å². The Kier molecular flexibility index (Phi) is 3.13. The second-order valence-electron chi connectivity index (χ2n) is 4.39. The lowest BCUT2D eigenvalue weighted by molar-refractivity contribution is -0.125. The lowest BCUT2D eigenvalue weighted by Crippen LogP contribution is -2.35. The molecule has 2 amide bonds. The first-order valence-corrected chi connectivity index (χ1v) is 5.81. The minimum absolute atomic E-state index is 0.148. The van der Waals surface area contributed by atoms with E-state index in [0.29, 0.717) is 24.2 Å². The molecule has 4 nitrogen and oxygen atoms in total. The Labute approximate surface area is 100 Å². The molecule has 1 aliphatic rings. The van der Waals surface area contributed by atoms with Crippen molar-refractivity contribution in [3.05, 3.63) is 23.8 Å². The summed E-state index contributed by atoms with van der Waals surface area (Å²) in [5.74, 6) is -0.297. The summed E-state index contributed by atoms with van der Waals surface area (Å²) in [5, 5.41) is 0. The monoisotopic (exact) mass is 232 g/mol. The molecular weight excluding hydrogens is 216 g/mol. The number of amides is 2. The molecule has 2 N–H and O–H groups in total. The van der Waals surface area contributed by atoms with Crippen LogP contribution in [0, 0.1) is 6.92 Å². The van der Waals surface area contributed by atoms with Crippen molar-refractivity contribution in [3.8, 4) is 0 Å². The summed E-state index contributed by atoms with van der Waals surface area (Å²) in [6.07, 6.45) is 2.37. The average molecular weight is 232 g/mol. The lowest BCUT2D eigenvalue weighted by Gasteiger charge is -2.20. The third kappa shape index (κ3) is 2.30. The van der Waals surface area contributed by atoms with Gasteiger partial charge in [-0.2, -0.15) is 0 Å². The van der Waals surface area contributed by atoms with Gasteiger partial charge < -0.3 is 5.73 Å². The highest BCUT2D eigenvalue weighted by molar-refractivity contribution is 6.16. The van der Waals surface area contributed by atoms with Crippen LogP contribution in [0.4, 0.5) is 11.4 Å². The van der Waals surface area contributed by atoms with E-state index < -0.39 is 0 Å². The first-order valence-electron chi connectivity index (χ1n) is 5.81. The molecular formula is C13H16N2O2. The zero-order valence-electron chi connectivity index (χ0n) is 9.90. The van der Waals surface area contributed by atoms with Crippen molar-refractivity contribution in [1.82, 2.24) is 0 Å². The Balaban J connectivity index is 2.45. The van der Waals surface area contributed by atoms with Gasteiger partial charge in [0, 0.05) is 12.8 Å². The van der Waals surface area contributed by atoms with Crippen LogP contribution in [0.3, 0.4) is 0 Å². The van der Waals surface area contributed by atoms with E-state index in [1.165, 1.54) is 4.90 Å². The molecule has 1 aromatic carbocycles. The quantitative estimate of drug-likeness (QED) is 0.595. The van der Waals surface area contributed by atoms with Gasteiger partial charge in [0.2, 0.25) is 11.8 Å². The fraction of sp³-hybridized carbons (Fsp3) is 0.385. The summed E-state index contributed by atoms with van der Waals surface area (Å²) in [6.45, 7) is 1.91. The van der Waals surface area contributed by atoms with Crippen molar-refractivity contribution in [1.29, 1.82) is 0 Å². The lowest BCUT2D eigenvalue weighted by atomic mass is 10.1. The SMILES string of the molecule is Cc1ccc(N)c(N2C(=O)CCCCC2=O)c1.